The molecule has 1 heterocycles. The SMILES string of the molecule is CCC(CC)C1CN=C(NCCOC(N)=O)S1. The molecule has 1 atom stereocenters. The summed E-state index contributed by atoms with van der Waals surface area (Å²) < 4.78 is 4.63. The second-order valence-corrected chi connectivity index (χ2v) is 5.20. The second kappa shape index (κ2) is 7.42. The maximum absolute atomic E-state index is 10.4. The number of rotatable bonds is 6. The van der Waals surface area contributed by atoms with Crippen molar-refractivity contribution >= 4 is 23.0 Å². The van der Waals surface area contributed by atoms with Crippen molar-refractivity contribution in [2.75, 3.05) is 19.7 Å². The second-order valence-electron chi connectivity index (χ2n) is 3.97. The molecule has 0 aromatic heterocycles. The van der Waals surface area contributed by atoms with Gasteiger partial charge in [-0.3, -0.25) is 4.99 Å². The van der Waals surface area contributed by atoms with Gasteiger partial charge in [0, 0.05) is 5.25 Å². The monoisotopic (exact) mass is 259 g/mol. The van der Waals surface area contributed by atoms with E-state index in [-0.39, 0.29) is 6.61 Å². The summed E-state index contributed by atoms with van der Waals surface area (Å²) in [6, 6.07) is 0. The first kappa shape index (κ1) is 14.2. The lowest BCUT2D eigenvalue weighted by Gasteiger charge is -2.18. The van der Waals surface area contributed by atoms with Crippen molar-refractivity contribution in [3.8, 4) is 0 Å². The fourth-order valence-electron chi connectivity index (χ4n) is 1.86. The van der Waals surface area contributed by atoms with Crippen LogP contribution in [0, 0.1) is 5.92 Å². The molecule has 1 rings (SSSR count). The summed E-state index contributed by atoms with van der Waals surface area (Å²) in [5, 5.41) is 4.69. The highest BCUT2D eigenvalue weighted by atomic mass is 32.2. The lowest BCUT2D eigenvalue weighted by Crippen LogP contribution is -2.27. The molecule has 0 aromatic rings. The smallest absolute Gasteiger partial charge is 0.404 e. The lowest BCUT2D eigenvalue weighted by atomic mass is 9.99. The number of ether oxygens (including phenoxy) is 1. The zero-order valence-corrected chi connectivity index (χ0v) is 11.3. The van der Waals surface area contributed by atoms with E-state index in [1.807, 2.05) is 0 Å². The van der Waals surface area contributed by atoms with Gasteiger partial charge in [0.2, 0.25) is 0 Å². The van der Waals surface area contributed by atoms with Crippen molar-refractivity contribution in [3.63, 3.8) is 0 Å². The predicted molar refractivity (Wildman–Crippen MR) is 71.3 cm³/mol. The van der Waals surface area contributed by atoms with Gasteiger partial charge in [-0.1, -0.05) is 38.5 Å². The van der Waals surface area contributed by atoms with E-state index in [9.17, 15) is 4.79 Å². The Kier molecular flexibility index (Phi) is 6.18. The highest BCUT2D eigenvalue weighted by Gasteiger charge is 2.25. The molecule has 0 aliphatic carbocycles. The summed E-state index contributed by atoms with van der Waals surface area (Å²) in [6.07, 6.45) is 1.66. The van der Waals surface area contributed by atoms with Gasteiger partial charge in [0.15, 0.2) is 5.17 Å². The van der Waals surface area contributed by atoms with Crippen LogP contribution in [0.25, 0.3) is 0 Å². The quantitative estimate of drug-likeness (QED) is 0.710. The minimum Gasteiger partial charge on any atom is -0.448 e. The van der Waals surface area contributed by atoms with Gasteiger partial charge >= 0.3 is 6.09 Å². The summed E-state index contributed by atoms with van der Waals surface area (Å²) in [5.74, 6) is 0.727. The molecule has 0 radical (unpaired) electrons. The van der Waals surface area contributed by atoms with Crippen molar-refractivity contribution in [2.24, 2.45) is 16.6 Å². The Hall–Kier alpha value is -0.910. The van der Waals surface area contributed by atoms with Crippen molar-refractivity contribution in [3.05, 3.63) is 0 Å². The van der Waals surface area contributed by atoms with Crippen LogP contribution in [0.1, 0.15) is 26.7 Å². The molecule has 0 spiro atoms. The Bertz CT molecular complexity index is 280. The van der Waals surface area contributed by atoms with E-state index in [2.05, 4.69) is 28.9 Å². The average Bonchev–Trinajstić information content (AvgIpc) is 2.75. The lowest BCUT2D eigenvalue weighted by molar-refractivity contribution is 0.159. The van der Waals surface area contributed by atoms with Gasteiger partial charge in [0.25, 0.3) is 0 Å². The number of amides is 1. The van der Waals surface area contributed by atoms with E-state index in [0.29, 0.717) is 11.8 Å². The number of nitrogens with two attached hydrogens (primary N) is 1. The van der Waals surface area contributed by atoms with E-state index in [1.54, 1.807) is 11.8 Å². The molecule has 1 amide bonds. The van der Waals surface area contributed by atoms with Crippen molar-refractivity contribution in [2.45, 2.75) is 31.9 Å². The molecule has 17 heavy (non-hydrogen) atoms. The molecule has 0 fully saturated rings. The van der Waals surface area contributed by atoms with Crippen LogP contribution in [0.2, 0.25) is 0 Å². The molecule has 3 N–H and O–H groups in total. The number of nitrogens with one attached hydrogen (secondary N) is 1. The third-order valence-electron chi connectivity index (χ3n) is 2.87. The molecular weight excluding hydrogens is 238 g/mol. The van der Waals surface area contributed by atoms with E-state index in [4.69, 9.17) is 5.73 Å². The van der Waals surface area contributed by atoms with Gasteiger partial charge in [0.05, 0.1) is 13.1 Å². The maximum atomic E-state index is 10.4. The molecule has 0 saturated carbocycles. The number of carbonyl (C=O) groups excluding carboxylic acids is 1. The Labute approximate surface area is 107 Å². The normalized spacial score (nSPS) is 19.2. The Morgan fingerprint density at radius 2 is 2.35 bits per heavy atom. The van der Waals surface area contributed by atoms with Crippen LogP contribution < -0.4 is 11.1 Å². The summed E-state index contributed by atoms with van der Waals surface area (Å²) in [7, 11) is 0. The summed E-state index contributed by atoms with van der Waals surface area (Å²) in [5.41, 5.74) is 4.86. The van der Waals surface area contributed by atoms with Gasteiger partial charge < -0.3 is 15.8 Å². The summed E-state index contributed by atoms with van der Waals surface area (Å²) in [6.45, 7) is 6.17. The Morgan fingerprint density at radius 3 is 2.94 bits per heavy atom. The van der Waals surface area contributed by atoms with Crippen LogP contribution in [0.4, 0.5) is 4.79 Å². The third-order valence-corrected chi connectivity index (χ3v) is 4.21. The predicted octanol–water partition coefficient (Wildman–Crippen LogP) is 1.58. The molecule has 98 valence electrons. The van der Waals surface area contributed by atoms with Crippen LogP contribution in [0.5, 0.6) is 0 Å². The first-order valence-corrected chi connectivity index (χ1v) is 6.92. The first-order valence-electron chi connectivity index (χ1n) is 6.04. The van der Waals surface area contributed by atoms with E-state index >= 15 is 0 Å². The van der Waals surface area contributed by atoms with Gasteiger partial charge in [0.1, 0.15) is 6.61 Å². The molecule has 1 unspecified atom stereocenters. The summed E-state index contributed by atoms with van der Waals surface area (Å²) in [4.78, 5) is 14.8. The standard InChI is InChI=1S/C11H21N3O2S/c1-3-8(4-2)9-7-14-11(17-9)13-5-6-16-10(12)15/h8-9H,3-7H2,1-2H3,(H2,12,15)(H,13,14). The Morgan fingerprint density at radius 1 is 1.65 bits per heavy atom. The number of carbonyl (C=O) groups is 1. The van der Waals surface area contributed by atoms with E-state index in [1.165, 1.54) is 12.8 Å². The highest BCUT2D eigenvalue weighted by molar-refractivity contribution is 8.14. The van der Waals surface area contributed by atoms with Gasteiger partial charge in [-0.25, -0.2) is 4.79 Å². The summed E-state index contributed by atoms with van der Waals surface area (Å²) >= 11 is 1.79. The average molecular weight is 259 g/mol. The third kappa shape index (κ3) is 4.85. The largest absolute Gasteiger partial charge is 0.448 e. The molecule has 0 bridgehead atoms. The number of aliphatic imine (C=N–C) groups is 1. The molecule has 0 aromatic carbocycles. The van der Waals surface area contributed by atoms with E-state index in [0.717, 1.165) is 17.6 Å². The highest BCUT2D eigenvalue weighted by Crippen LogP contribution is 2.30. The van der Waals surface area contributed by atoms with Crippen LogP contribution in [-0.2, 0) is 4.74 Å². The zero-order valence-electron chi connectivity index (χ0n) is 10.4. The van der Waals surface area contributed by atoms with Crippen LogP contribution in [0.15, 0.2) is 4.99 Å². The van der Waals surface area contributed by atoms with Crippen LogP contribution in [-0.4, -0.2) is 36.2 Å². The maximum Gasteiger partial charge on any atom is 0.404 e. The van der Waals surface area contributed by atoms with Gasteiger partial charge in [-0.15, -0.1) is 0 Å². The van der Waals surface area contributed by atoms with Gasteiger partial charge in [-0.05, 0) is 5.92 Å². The number of hydrogen-bond donors (Lipinski definition) is 2. The number of primary amides is 1. The Balaban J connectivity index is 2.18. The van der Waals surface area contributed by atoms with Crippen molar-refractivity contribution in [1.82, 2.24) is 5.32 Å². The number of thioether (sulfide) groups is 1. The first-order chi connectivity index (χ1) is 8.17. The minimum atomic E-state index is -0.734. The minimum absolute atomic E-state index is 0.282. The molecule has 1 aliphatic rings. The number of nitrogens with zero attached hydrogens (tertiary/aromatic N) is 1. The van der Waals surface area contributed by atoms with E-state index < -0.39 is 6.09 Å². The van der Waals surface area contributed by atoms with Crippen molar-refractivity contribution < 1.29 is 9.53 Å². The van der Waals surface area contributed by atoms with Crippen molar-refractivity contribution in [1.29, 1.82) is 0 Å². The fourth-order valence-corrected chi connectivity index (χ4v) is 3.21. The zero-order chi connectivity index (χ0) is 12.7. The number of amidine groups is 1. The fraction of sp³-hybridized carbons (Fsp3) is 0.818. The van der Waals surface area contributed by atoms with Crippen LogP contribution >= 0.6 is 11.8 Å². The van der Waals surface area contributed by atoms with Crippen LogP contribution in [0.3, 0.4) is 0 Å². The molecule has 6 heteroatoms. The molecule has 1 aliphatic heterocycles. The molecular formula is C11H21N3O2S. The number of hydrogen-bond acceptors (Lipinski definition) is 5. The molecule has 5 nitrogen and oxygen atoms in total. The van der Waals surface area contributed by atoms with Gasteiger partial charge in [-0.2, -0.15) is 0 Å². The molecule has 0 saturated heterocycles. The topological polar surface area (TPSA) is 76.7 Å².